The van der Waals surface area contributed by atoms with Crippen molar-refractivity contribution in [1.29, 1.82) is 0 Å². The van der Waals surface area contributed by atoms with Crippen LogP contribution in [0.3, 0.4) is 0 Å². The van der Waals surface area contributed by atoms with Crippen molar-refractivity contribution < 1.29 is 24.5 Å². The molecule has 0 unspecified atom stereocenters. The highest BCUT2D eigenvalue weighted by atomic mass is 16.5. The lowest BCUT2D eigenvalue weighted by molar-refractivity contribution is -0.134. The molecule has 0 fully saturated rings. The van der Waals surface area contributed by atoms with E-state index in [-0.39, 0.29) is 0 Å². The fourth-order valence-corrected chi connectivity index (χ4v) is 2.10. The Bertz CT molecular complexity index is 764. The summed E-state index contributed by atoms with van der Waals surface area (Å²) >= 11 is 0. The Labute approximate surface area is 151 Å². The van der Waals surface area contributed by atoms with Gasteiger partial charge in [0.15, 0.2) is 11.4 Å². The largest absolute Gasteiger partial charge is 0.490 e. The Morgan fingerprint density at radius 3 is 2.46 bits per heavy atom. The van der Waals surface area contributed by atoms with Crippen LogP contribution in [-0.2, 0) is 9.59 Å². The summed E-state index contributed by atoms with van der Waals surface area (Å²) in [6.45, 7) is 7.08. The Hall–Kier alpha value is -3.03. The van der Waals surface area contributed by atoms with Crippen LogP contribution in [0.1, 0.15) is 32.4 Å². The van der Waals surface area contributed by atoms with Gasteiger partial charge < -0.3 is 20.7 Å². The molecule has 2 aromatic heterocycles. The van der Waals surface area contributed by atoms with E-state index in [9.17, 15) is 9.59 Å². The lowest BCUT2D eigenvalue weighted by atomic mass is 10.1. The number of carbonyl (C=O) groups is 2. The molecule has 0 atom stereocenters. The van der Waals surface area contributed by atoms with Crippen molar-refractivity contribution in [2.45, 2.75) is 33.6 Å². The normalized spacial score (nSPS) is 10.8. The summed E-state index contributed by atoms with van der Waals surface area (Å²) in [5, 5.41) is 15.6. The second kappa shape index (κ2) is 10.1. The lowest BCUT2D eigenvalue weighted by Crippen LogP contribution is -2.01. The molecule has 0 aliphatic rings. The second-order valence-corrected chi connectivity index (χ2v) is 6.04. The number of ether oxygens (including phenoxy) is 1. The summed E-state index contributed by atoms with van der Waals surface area (Å²) in [5.41, 5.74) is 7.59. The van der Waals surface area contributed by atoms with Crippen LogP contribution in [0.15, 0.2) is 30.5 Å². The highest BCUT2D eigenvalue weighted by molar-refractivity contribution is 5.89. The summed E-state index contributed by atoms with van der Waals surface area (Å²) in [6, 6.07) is 3.87. The SMILES string of the molecule is Cc1nc2c(OCCCC(C)C)cccn2c1N.O=C(O)/C=C/C(=O)O. The van der Waals surface area contributed by atoms with Crippen molar-refractivity contribution in [3.05, 3.63) is 36.2 Å². The van der Waals surface area contributed by atoms with Crippen LogP contribution in [0.5, 0.6) is 5.75 Å². The lowest BCUT2D eigenvalue weighted by Gasteiger charge is -2.08. The number of imidazole rings is 1. The van der Waals surface area contributed by atoms with Crippen LogP contribution in [0.2, 0.25) is 0 Å². The molecule has 142 valence electrons. The van der Waals surface area contributed by atoms with E-state index in [0.717, 1.165) is 30.1 Å². The van der Waals surface area contributed by atoms with Gasteiger partial charge in [-0.05, 0) is 37.8 Å². The first-order valence-corrected chi connectivity index (χ1v) is 8.22. The zero-order valence-electron chi connectivity index (χ0n) is 15.2. The number of nitrogens with zero attached hydrogens (tertiary/aromatic N) is 2. The molecule has 0 bridgehead atoms. The quantitative estimate of drug-likeness (QED) is 0.510. The molecule has 0 aliphatic carbocycles. The maximum Gasteiger partial charge on any atom is 0.328 e. The minimum atomic E-state index is -1.26. The molecular formula is C18H25N3O5. The molecule has 0 saturated heterocycles. The molecular weight excluding hydrogens is 338 g/mol. The fourth-order valence-electron chi connectivity index (χ4n) is 2.10. The van der Waals surface area contributed by atoms with Crippen LogP contribution in [0.25, 0.3) is 5.65 Å². The topological polar surface area (TPSA) is 127 Å². The first kappa shape index (κ1) is 21.0. The summed E-state index contributed by atoms with van der Waals surface area (Å²) in [4.78, 5) is 23.5. The molecule has 0 spiro atoms. The van der Waals surface area contributed by atoms with Gasteiger partial charge in [0, 0.05) is 18.3 Å². The van der Waals surface area contributed by atoms with Crippen molar-refractivity contribution >= 4 is 23.4 Å². The number of aliphatic carboxylic acids is 2. The molecule has 0 saturated carbocycles. The number of hydrogen-bond acceptors (Lipinski definition) is 5. The van der Waals surface area contributed by atoms with Gasteiger partial charge in [0.2, 0.25) is 0 Å². The van der Waals surface area contributed by atoms with Gasteiger partial charge >= 0.3 is 11.9 Å². The van der Waals surface area contributed by atoms with Gasteiger partial charge in [-0.3, -0.25) is 4.40 Å². The van der Waals surface area contributed by atoms with Gasteiger partial charge in [-0.25, -0.2) is 14.6 Å². The number of anilines is 1. The fraction of sp³-hybridized carbons (Fsp3) is 0.389. The minimum Gasteiger partial charge on any atom is -0.490 e. The van der Waals surface area contributed by atoms with E-state index in [1.54, 1.807) is 0 Å². The Kier molecular flexibility index (Phi) is 8.14. The predicted molar refractivity (Wildman–Crippen MR) is 98.3 cm³/mol. The maximum atomic E-state index is 9.55. The summed E-state index contributed by atoms with van der Waals surface area (Å²) < 4.78 is 7.67. The van der Waals surface area contributed by atoms with Gasteiger partial charge in [0.1, 0.15) is 5.82 Å². The van der Waals surface area contributed by atoms with Gasteiger partial charge in [-0.15, -0.1) is 0 Å². The molecule has 8 nitrogen and oxygen atoms in total. The molecule has 8 heteroatoms. The molecule has 0 radical (unpaired) electrons. The number of hydrogen-bond donors (Lipinski definition) is 3. The third-order valence-electron chi connectivity index (χ3n) is 3.39. The number of aromatic nitrogens is 2. The monoisotopic (exact) mass is 363 g/mol. The van der Waals surface area contributed by atoms with E-state index >= 15 is 0 Å². The van der Waals surface area contributed by atoms with Crippen molar-refractivity contribution in [2.24, 2.45) is 5.92 Å². The summed E-state index contributed by atoms with van der Waals surface area (Å²) in [5.74, 6) is -0.313. The van der Waals surface area contributed by atoms with Crippen LogP contribution in [-0.4, -0.2) is 38.1 Å². The average molecular weight is 363 g/mol. The van der Waals surface area contributed by atoms with E-state index in [0.29, 0.717) is 23.9 Å². The predicted octanol–water partition coefficient (Wildman–Crippen LogP) is 2.75. The maximum absolute atomic E-state index is 9.55. The minimum absolute atomic E-state index is 0.558. The van der Waals surface area contributed by atoms with Gasteiger partial charge in [-0.2, -0.15) is 0 Å². The van der Waals surface area contributed by atoms with Crippen LogP contribution < -0.4 is 10.5 Å². The zero-order valence-corrected chi connectivity index (χ0v) is 15.2. The zero-order chi connectivity index (χ0) is 19.7. The van der Waals surface area contributed by atoms with E-state index in [4.69, 9.17) is 20.7 Å². The average Bonchev–Trinajstić information content (AvgIpc) is 2.86. The number of carboxylic acids is 2. The second-order valence-electron chi connectivity index (χ2n) is 6.04. The first-order valence-electron chi connectivity index (χ1n) is 8.22. The number of carboxylic acid groups (broad SMARTS) is 2. The number of rotatable bonds is 7. The molecule has 0 aliphatic heterocycles. The molecule has 0 aromatic carbocycles. The van der Waals surface area contributed by atoms with Crippen molar-refractivity contribution in [2.75, 3.05) is 12.3 Å². The Morgan fingerprint density at radius 1 is 1.31 bits per heavy atom. The molecule has 2 heterocycles. The third-order valence-corrected chi connectivity index (χ3v) is 3.39. The molecule has 26 heavy (non-hydrogen) atoms. The van der Waals surface area contributed by atoms with Crippen molar-refractivity contribution in [3.63, 3.8) is 0 Å². The van der Waals surface area contributed by atoms with Crippen molar-refractivity contribution in [3.8, 4) is 5.75 Å². The van der Waals surface area contributed by atoms with Crippen LogP contribution >= 0.6 is 0 Å². The van der Waals surface area contributed by atoms with Gasteiger partial charge in [0.25, 0.3) is 0 Å². The van der Waals surface area contributed by atoms with Crippen LogP contribution in [0, 0.1) is 12.8 Å². The first-order chi connectivity index (χ1) is 12.2. The van der Waals surface area contributed by atoms with Crippen LogP contribution in [0.4, 0.5) is 5.82 Å². The van der Waals surface area contributed by atoms with Gasteiger partial charge in [-0.1, -0.05) is 13.8 Å². The molecule has 0 amide bonds. The van der Waals surface area contributed by atoms with E-state index in [2.05, 4.69) is 18.8 Å². The molecule has 2 aromatic rings. The van der Waals surface area contributed by atoms with E-state index < -0.39 is 11.9 Å². The number of nitrogen functional groups attached to an aromatic ring is 1. The Morgan fingerprint density at radius 2 is 1.92 bits per heavy atom. The number of nitrogens with two attached hydrogens (primary N) is 1. The van der Waals surface area contributed by atoms with Gasteiger partial charge in [0.05, 0.1) is 12.3 Å². The highest BCUT2D eigenvalue weighted by Crippen LogP contribution is 2.23. The summed E-state index contributed by atoms with van der Waals surface area (Å²) in [7, 11) is 0. The van der Waals surface area contributed by atoms with E-state index in [1.165, 1.54) is 6.42 Å². The summed E-state index contributed by atoms with van der Waals surface area (Å²) in [6.07, 6.45) is 5.27. The number of aryl methyl sites for hydroxylation is 1. The smallest absolute Gasteiger partial charge is 0.328 e. The molecule has 2 rings (SSSR count). The number of pyridine rings is 1. The number of fused-ring (bicyclic) bond motifs is 1. The van der Waals surface area contributed by atoms with E-state index in [1.807, 2.05) is 29.7 Å². The van der Waals surface area contributed by atoms with Crippen molar-refractivity contribution in [1.82, 2.24) is 9.38 Å². The Balaban J connectivity index is 0.000000359. The highest BCUT2D eigenvalue weighted by Gasteiger charge is 2.09. The molecule has 4 N–H and O–H groups in total. The standard InChI is InChI=1S/C14H21N3O.C4H4O4/c1-10(2)6-5-9-18-12-7-4-8-17-13(15)11(3)16-14(12)17;5-3(6)1-2-4(7)8/h4,7-8,10H,5-6,9,15H2,1-3H3;1-2H,(H,5,6)(H,7,8)/b;2-1+. The third kappa shape index (κ3) is 6.84.